The van der Waals surface area contributed by atoms with Crippen molar-refractivity contribution in [3.63, 3.8) is 0 Å². The summed E-state index contributed by atoms with van der Waals surface area (Å²) in [4.78, 5) is 16.1. The number of nitrogens with zero attached hydrogens (tertiary/aromatic N) is 2. The van der Waals surface area contributed by atoms with Crippen molar-refractivity contribution < 1.29 is 9.90 Å². The zero-order valence-corrected chi connectivity index (χ0v) is 13.2. The van der Waals surface area contributed by atoms with E-state index in [4.69, 9.17) is 0 Å². The maximum Gasteiger partial charge on any atom is 0.222 e. The van der Waals surface area contributed by atoms with Gasteiger partial charge >= 0.3 is 0 Å². The number of para-hydroxylation sites is 2. The van der Waals surface area contributed by atoms with Gasteiger partial charge in [-0.15, -0.1) is 0 Å². The van der Waals surface area contributed by atoms with E-state index in [1.807, 2.05) is 23.1 Å². The summed E-state index contributed by atoms with van der Waals surface area (Å²) in [5.74, 6) is 0.562. The summed E-state index contributed by atoms with van der Waals surface area (Å²) in [7, 11) is 0. The van der Waals surface area contributed by atoms with E-state index in [1.165, 1.54) is 0 Å². The molecule has 1 aromatic rings. The van der Waals surface area contributed by atoms with Crippen LogP contribution < -0.4 is 4.90 Å². The number of phenolic OH excluding ortho intramolecular Hbond substituents is 1. The zero-order chi connectivity index (χ0) is 14.4. The molecule has 1 amide bonds. The number of halogens is 1. The SMILES string of the molecule is O=C(CCCCBr)N1CCN(c2ccccc2O)CC1. The van der Waals surface area contributed by atoms with Gasteiger partial charge in [-0.2, -0.15) is 0 Å². The topological polar surface area (TPSA) is 43.8 Å². The second kappa shape index (κ2) is 7.53. The van der Waals surface area contributed by atoms with Crippen LogP contribution in [0.2, 0.25) is 0 Å². The third-order valence-electron chi connectivity index (χ3n) is 3.63. The minimum atomic E-state index is 0.253. The lowest BCUT2D eigenvalue weighted by Gasteiger charge is -2.36. The Morgan fingerprint density at radius 1 is 1.15 bits per heavy atom. The lowest BCUT2D eigenvalue weighted by Crippen LogP contribution is -2.48. The Kier molecular flexibility index (Phi) is 5.71. The molecule has 1 aromatic carbocycles. The van der Waals surface area contributed by atoms with Crippen LogP contribution in [0.5, 0.6) is 5.75 Å². The minimum Gasteiger partial charge on any atom is -0.506 e. The number of hydrogen-bond acceptors (Lipinski definition) is 3. The number of piperazine rings is 1. The predicted molar refractivity (Wildman–Crippen MR) is 84.5 cm³/mol. The number of rotatable bonds is 5. The lowest BCUT2D eigenvalue weighted by molar-refractivity contribution is -0.131. The van der Waals surface area contributed by atoms with E-state index in [0.717, 1.165) is 50.0 Å². The predicted octanol–water partition coefficient (Wildman–Crippen LogP) is 2.61. The average Bonchev–Trinajstić information content (AvgIpc) is 2.48. The summed E-state index contributed by atoms with van der Waals surface area (Å²) in [5, 5.41) is 10.8. The highest BCUT2D eigenvalue weighted by Gasteiger charge is 2.21. The number of amides is 1. The first-order valence-electron chi connectivity index (χ1n) is 7.09. The molecule has 0 spiro atoms. The van der Waals surface area contributed by atoms with Crippen molar-refractivity contribution in [3.8, 4) is 5.75 Å². The fourth-order valence-corrected chi connectivity index (χ4v) is 2.85. The molecule has 0 bridgehead atoms. The van der Waals surface area contributed by atoms with Gasteiger partial charge in [0, 0.05) is 37.9 Å². The largest absolute Gasteiger partial charge is 0.506 e. The Hall–Kier alpha value is -1.23. The normalized spacial score (nSPS) is 15.4. The van der Waals surface area contributed by atoms with Gasteiger partial charge in [0.05, 0.1) is 5.69 Å². The van der Waals surface area contributed by atoms with Crippen molar-refractivity contribution in [2.24, 2.45) is 0 Å². The Balaban J connectivity index is 1.83. The highest BCUT2D eigenvalue weighted by atomic mass is 79.9. The number of hydrogen-bond donors (Lipinski definition) is 1. The molecule has 1 aliphatic heterocycles. The Labute approximate surface area is 128 Å². The highest BCUT2D eigenvalue weighted by molar-refractivity contribution is 9.09. The number of carbonyl (C=O) groups excluding carboxylic acids is 1. The number of carbonyl (C=O) groups is 1. The van der Waals surface area contributed by atoms with E-state index >= 15 is 0 Å². The van der Waals surface area contributed by atoms with Crippen LogP contribution in [0.4, 0.5) is 5.69 Å². The molecule has 1 N–H and O–H groups in total. The van der Waals surface area contributed by atoms with Crippen molar-refractivity contribution in [1.82, 2.24) is 4.90 Å². The first kappa shape index (κ1) is 15.2. The van der Waals surface area contributed by atoms with Crippen LogP contribution in [0.3, 0.4) is 0 Å². The molecule has 2 rings (SSSR count). The number of alkyl halides is 1. The molecule has 0 unspecified atom stereocenters. The van der Waals surface area contributed by atoms with E-state index in [9.17, 15) is 9.90 Å². The molecule has 0 saturated carbocycles. The zero-order valence-electron chi connectivity index (χ0n) is 11.6. The monoisotopic (exact) mass is 340 g/mol. The van der Waals surface area contributed by atoms with Crippen LogP contribution in [-0.2, 0) is 4.79 Å². The first-order valence-corrected chi connectivity index (χ1v) is 8.21. The van der Waals surface area contributed by atoms with Gasteiger partial charge in [0.25, 0.3) is 0 Å². The van der Waals surface area contributed by atoms with Crippen LogP contribution in [0.25, 0.3) is 0 Å². The number of phenols is 1. The molecule has 0 aromatic heterocycles. The van der Waals surface area contributed by atoms with E-state index in [-0.39, 0.29) is 5.91 Å². The molecule has 0 radical (unpaired) electrons. The molecule has 1 heterocycles. The molecule has 4 nitrogen and oxygen atoms in total. The number of anilines is 1. The summed E-state index contributed by atoms with van der Waals surface area (Å²) >= 11 is 3.38. The van der Waals surface area contributed by atoms with Gasteiger partial charge in [0.1, 0.15) is 5.75 Å². The molecule has 1 fully saturated rings. The molecule has 5 heteroatoms. The molecule has 110 valence electrons. The molecular formula is C15H21BrN2O2. The number of aromatic hydroxyl groups is 1. The Morgan fingerprint density at radius 2 is 1.85 bits per heavy atom. The summed E-state index contributed by atoms with van der Waals surface area (Å²) in [5.41, 5.74) is 0.860. The van der Waals surface area contributed by atoms with E-state index in [1.54, 1.807) is 6.07 Å². The number of benzene rings is 1. The maximum atomic E-state index is 12.0. The first-order chi connectivity index (χ1) is 9.72. The molecule has 1 aliphatic rings. The minimum absolute atomic E-state index is 0.253. The Bertz CT molecular complexity index is 445. The van der Waals surface area contributed by atoms with Crippen LogP contribution >= 0.6 is 15.9 Å². The third-order valence-corrected chi connectivity index (χ3v) is 4.19. The van der Waals surface area contributed by atoms with Crippen LogP contribution in [0, 0.1) is 0 Å². The summed E-state index contributed by atoms with van der Waals surface area (Å²) < 4.78 is 0. The molecule has 1 saturated heterocycles. The van der Waals surface area contributed by atoms with Crippen LogP contribution in [0.15, 0.2) is 24.3 Å². The maximum absolute atomic E-state index is 12.0. The van der Waals surface area contributed by atoms with Crippen LogP contribution in [-0.4, -0.2) is 47.4 Å². The van der Waals surface area contributed by atoms with E-state index in [0.29, 0.717) is 12.2 Å². The second-order valence-corrected chi connectivity index (χ2v) is 5.80. The van der Waals surface area contributed by atoms with Crippen molar-refractivity contribution in [1.29, 1.82) is 0 Å². The van der Waals surface area contributed by atoms with E-state index in [2.05, 4.69) is 20.8 Å². The second-order valence-electron chi connectivity index (χ2n) is 5.00. The smallest absolute Gasteiger partial charge is 0.222 e. The Morgan fingerprint density at radius 3 is 2.50 bits per heavy atom. The molecule has 0 atom stereocenters. The van der Waals surface area contributed by atoms with Gasteiger partial charge in [-0.25, -0.2) is 0 Å². The summed E-state index contributed by atoms with van der Waals surface area (Å²) in [6.45, 7) is 3.03. The third kappa shape index (κ3) is 3.88. The highest BCUT2D eigenvalue weighted by Crippen LogP contribution is 2.27. The summed E-state index contributed by atoms with van der Waals surface area (Å²) in [6.07, 6.45) is 2.63. The van der Waals surface area contributed by atoms with Gasteiger partial charge in [0.2, 0.25) is 5.91 Å². The fraction of sp³-hybridized carbons (Fsp3) is 0.533. The van der Waals surface area contributed by atoms with Gasteiger partial charge < -0.3 is 14.9 Å². The lowest BCUT2D eigenvalue weighted by atomic mass is 10.2. The van der Waals surface area contributed by atoms with Gasteiger partial charge in [-0.3, -0.25) is 4.79 Å². The van der Waals surface area contributed by atoms with Crippen molar-refractivity contribution in [3.05, 3.63) is 24.3 Å². The van der Waals surface area contributed by atoms with Crippen molar-refractivity contribution in [2.75, 3.05) is 36.4 Å². The molecule has 20 heavy (non-hydrogen) atoms. The quantitative estimate of drug-likeness (QED) is 0.661. The summed E-state index contributed by atoms with van der Waals surface area (Å²) in [6, 6.07) is 7.37. The average molecular weight is 341 g/mol. The van der Waals surface area contributed by atoms with Crippen molar-refractivity contribution in [2.45, 2.75) is 19.3 Å². The number of unbranched alkanes of at least 4 members (excludes halogenated alkanes) is 1. The van der Waals surface area contributed by atoms with Crippen LogP contribution in [0.1, 0.15) is 19.3 Å². The van der Waals surface area contributed by atoms with Gasteiger partial charge in [0.15, 0.2) is 0 Å². The fourth-order valence-electron chi connectivity index (χ4n) is 2.46. The molecular weight excluding hydrogens is 320 g/mol. The standard InChI is InChI=1S/C15H21BrN2O2/c16-8-4-3-7-15(20)18-11-9-17(10-12-18)13-5-1-2-6-14(13)19/h1-2,5-6,19H,3-4,7-12H2. The molecule has 0 aliphatic carbocycles. The van der Waals surface area contributed by atoms with Gasteiger partial charge in [-0.05, 0) is 25.0 Å². The van der Waals surface area contributed by atoms with Gasteiger partial charge in [-0.1, -0.05) is 28.1 Å². The van der Waals surface area contributed by atoms with Crippen molar-refractivity contribution >= 4 is 27.5 Å². The van der Waals surface area contributed by atoms with E-state index < -0.39 is 0 Å².